The van der Waals surface area contributed by atoms with Crippen molar-refractivity contribution in [2.45, 2.75) is 110 Å². The van der Waals surface area contributed by atoms with Crippen LogP contribution in [0.4, 0.5) is 0 Å². The van der Waals surface area contributed by atoms with Gasteiger partial charge in [-0.05, 0) is 6.42 Å². The van der Waals surface area contributed by atoms with E-state index in [1.54, 1.807) is 0 Å². The lowest BCUT2D eigenvalue weighted by Crippen LogP contribution is -2.37. The second kappa shape index (κ2) is 26.4. The van der Waals surface area contributed by atoms with E-state index >= 15 is 0 Å². The van der Waals surface area contributed by atoms with Crippen LogP contribution >= 0.6 is 0 Å². The van der Waals surface area contributed by atoms with Crippen molar-refractivity contribution in [2.24, 2.45) is 0 Å². The fourth-order valence-electron chi connectivity index (χ4n) is 3.81. The van der Waals surface area contributed by atoms with Gasteiger partial charge in [0.25, 0.3) is 0 Å². The lowest BCUT2D eigenvalue weighted by molar-refractivity contribution is -0.870. The first-order valence-electron chi connectivity index (χ1n) is 14.6. The molecule has 0 aliphatic heterocycles. The number of ether oxygens (including phenoxy) is 4. The molecule has 0 heterocycles. The van der Waals surface area contributed by atoms with Crippen LogP contribution in [0.25, 0.3) is 0 Å². The Kier molecular flexibility index (Phi) is 25.9. The van der Waals surface area contributed by atoms with Gasteiger partial charge in [0.05, 0.1) is 60.8 Å². The Labute approximate surface area is 218 Å². The molecule has 6 heteroatoms. The molecular formula is C29H60NO5+. The summed E-state index contributed by atoms with van der Waals surface area (Å²) in [5.74, 6) is -0.106. The molecule has 0 amide bonds. The molecule has 210 valence electrons. The van der Waals surface area contributed by atoms with Crippen molar-refractivity contribution in [3.05, 3.63) is 0 Å². The quantitative estimate of drug-likeness (QED) is 0.0690. The van der Waals surface area contributed by atoms with E-state index in [9.17, 15) is 4.79 Å². The smallest absolute Gasteiger partial charge is 0.305 e. The molecule has 0 radical (unpaired) electrons. The molecule has 35 heavy (non-hydrogen) atoms. The number of carbonyl (C=O) groups excluding carboxylic acids is 1. The van der Waals surface area contributed by atoms with Crippen molar-refractivity contribution in [1.29, 1.82) is 0 Å². The second-order valence-electron chi connectivity index (χ2n) is 10.8. The first-order chi connectivity index (χ1) is 17.0. The van der Waals surface area contributed by atoms with Crippen molar-refractivity contribution >= 4 is 5.97 Å². The zero-order chi connectivity index (χ0) is 25.9. The first kappa shape index (κ1) is 34.3. The Balaban J connectivity index is 3.17. The first-order valence-corrected chi connectivity index (χ1v) is 14.6. The molecule has 0 spiro atoms. The highest BCUT2D eigenvalue weighted by Crippen LogP contribution is 2.13. The summed E-state index contributed by atoms with van der Waals surface area (Å²) < 4.78 is 22.6. The zero-order valence-corrected chi connectivity index (χ0v) is 24.0. The maximum absolute atomic E-state index is 11.8. The maximum atomic E-state index is 11.8. The van der Waals surface area contributed by atoms with Crippen LogP contribution in [0.15, 0.2) is 0 Å². The van der Waals surface area contributed by atoms with Gasteiger partial charge in [0.15, 0.2) is 0 Å². The third kappa shape index (κ3) is 31.3. The molecule has 0 fully saturated rings. The summed E-state index contributed by atoms with van der Waals surface area (Å²) in [4.78, 5) is 11.8. The van der Waals surface area contributed by atoms with Crippen molar-refractivity contribution in [3.63, 3.8) is 0 Å². The number of quaternary nitrogens is 1. The fourth-order valence-corrected chi connectivity index (χ4v) is 3.81. The SMILES string of the molecule is CCCCCCCCCCCCCCCCCC(=O)OCCOCCOCCOCC[N+](C)(C)C. The van der Waals surface area contributed by atoms with Crippen LogP contribution in [0, 0.1) is 0 Å². The van der Waals surface area contributed by atoms with Crippen LogP contribution < -0.4 is 0 Å². The minimum atomic E-state index is -0.106. The summed E-state index contributed by atoms with van der Waals surface area (Å²) in [5.41, 5.74) is 0. The van der Waals surface area contributed by atoms with Gasteiger partial charge >= 0.3 is 5.97 Å². The van der Waals surface area contributed by atoms with Gasteiger partial charge in [0.1, 0.15) is 13.2 Å². The van der Waals surface area contributed by atoms with Gasteiger partial charge in [-0.1, -0.05) is 96.8 Å². The number of hydrogen-bond acceptors (Lipinski definition) is 5. The van der Waals surface area contributed by atoms with Gasteiger partial charge in [0.2, 0.25) is 0 Å². The topological polar surface area (TPSA) is 54.0 Å². The Bertz CT molecular complexity index is 439. The van der Waals surface area contributed by atoms with Gasteiger partial charge in [-0.2, -0.15) is 0 Å². The summed E-state index contributed by atoms with van der Waals surface area (Å²) in [7, 11) is 6.45. The van der Waals surface area contributed by atoms with Crippen molar-refractivity contribution in [2.75, 3.05) is 73.9 Å². The molecule has 0 rings (SSSR count). The molecule has 0 atom stereocenters. The third-order valence-electron chi connectivity index (χ3n) is 6.13. The van der Waals surface area contributed by atoms with Gasteiger partial charge in [-0.15, -0.1) is 0 Å². The molecule has 0 aliphatic carbocycles. The van der Waals surface area contributed by atoms with Crippen LogP contribution in [0.3, 0.4) is 0 Å². The number of carbonyl (C=O) groups is 1. The number of esters is 1. The minimum Gasteiger partial charge on any atom is -0.463 e. The van der Waals surface area contributed by atoms with Crippen LogP contribution in [0.1, 0.15) is 110 Å². The van der Waals surface area contributed by atoms with Crippen molar-refractivity contribution in [1.82, 2.24) is 0 Å². The normalized spacial score (nSPS) is 11.8. The maximum Gasteiger partial charge on any atom is 0.305 e. The largest absolute Gasteiger partial charge is 0.463 e. The highest BCUT2D eigenvalue weighted by atomic mass is 16.6. The Morgan fingerprint density at radius 2 is 0.886 bits per heavy atom. The Hall–Kier alpha value is -0.690. The molecule has 0 N–H and O–H groups in total. The van der Waals surface area contributed by atoms with Crippen molar-refractivity contribution < 1.29 is 28.2 Å². The van der Waals surface area contributed by atoms with E-state index in [2.05, 4.69) is 28.1 Å². The Morgan fingerprint density at radius 1 is 0.514 bits per heavy atom. The summed E-state index contributed by atoms with van der Waals surface area (Å²) in [6.07, 6.45) is 20.5. The number of hydrogen-bond donors (Lipinski definition) is 0. The molecular weight excluding hydrogens is 442 g/mol. The van der Waals surface area contributed by atoms with E-state index in [4.69, 9.17) is 18.9 Å². The molecule has 0 saturated carbocycles. The monoisotopic (exact) mass is 502 g/mol. The van der Waals surface area contributed by atoms with Gasteiger partial charge in [-0.25, -0.2) is 0 Å². The average Bonchev–Trinajstić information content (AvgIpc) is 2.81. The average molecular weight is 503 g/mol. The van der Waals surface area contributed by atoms with Gasteiger partial charge in [0, 0.05) is 6.42 Å². The molecule has 6 nitrogen and oxygen atoms in total. The third-order valence-corrected chi connectivity index (χ3v) is 6.13. The van der Waals surface area contributed by atoms with E-state index in [0.29, 0.717) is 46.1 Å². The standard InChI is InChI=1S/C29H60NO5/c1-5-6-7-8-9-10-11-12-13-14-15-16-17-18-19-20-29(31)35-28-27-34-26-25-33-24-23-32-22-21-30(2,3)4/h5-28H2,1-4H3/q+1. The summed E-state index contributed by atoms with van der Waals surface area (Å²) in [6, 6.07) is 0. The van der Waals surface area contributed by atoms with E-state index in [0.717, 1.165) is 30.5 Å². The fraction of sp³-hybridized carbons (Fsp3) is 0.966. The lowest BCUT2D eigenvalue weighted by atomic mass is 10.0. The molecule has 0 aliphatic rings. The molecule has 0 bridgehead atoms. The minimum absolute atomic E-state index is 0.106. The zero-order valence-electron chi connectivity index (χ0n) is 24.0. The van der Waals surface area contributed by atoms with Crippen LogP contribution in [0.2, 0.25) is 0 Å². The predicted molar refractivity (Wildman–Crippen MR) is 146 cm³/mol. The molecule has 0 aromatic heterocycles. The predicted octanol–water partition coefficient (Wildman–Crippen LogP) is 6.55. The van der Waals surface area contributed by atoms with Crippen LogP contribution in [0.5, 0.6) is 0 Å². The molecule has 0 saturated heterocycles. The van der Waals surface area contributed by atoms with Gasteiger partial charge < -0.3 is 23.4 Å². The summed E-state index contributed by atoms with van der Waals surface area (Å²) in [5, 5.41) is 0. The number of likely N-dealkylation sites (N-methyl/N-ethyl adjacent to an activating group) is 1. The second-order valence-corrected chi connectivity index (χ2v) is 10.8. The lowest BCUT2D eigenvalue weighted by Gasteiger charge is -2.23. The molecule has 0 aromatic rings. The molecule has 0 aromatic carbocycles. The van der Waals surface area contributed by atoms with Crippen molar-refractivity contribution in [3.8, 4) is 0 Å². The highest BCUT2D eigenvalue weighted by molar-refractivity contribution is 5.69. The van der Waals surface area contributed by atoms with Crippen LogP contribution in [-0.2, 0) is 23.7 Å². The van der Waals surface area contributed by atoms with Crippen LogP contribution in [-0.4, -0.2) is 84.4 Å². The highest BCUT2D eigenvalue weighted by Gasteiger charge is 2.05. The van der Waals surface area contributed by atoms with E-state index in [-0.39, 0.29) is 5.97 Å². The summed E-state index contributed by atoms with van der Waals surface area (Å²) >= 11 is 0. The Morgan fingerprint density at radius 3 is 1.31 bits per heavy atom. The van der Waals surface area contributed by atoms with E-state index in [1.807, 2.05) is 0 Å². The van der Waals surface area contributed by atoms with Gasteiger partial charge in [-0.3, -0.25) is 4.79 Å². The number of nitrogens with zero attached hydrogens (tertiary/aromatic N) is 1. The molecule has 0 unspecified atom stereocenters. The van der Waals surface area contributed by atoms with E-state index in [1.165, 1.54) is 83.5 Å². The summed E-state index contributed by atoms with van der Waals surface area (Å²) in [6.45, 7) is 6.99. The number of rotatable bonds is 28. The van der Waals surface area contributed by atoms with E-state index < -0.39 is 0 Å². The number of unbranched alkanes of at least 4 members (excludes halogenated alkanes) is 14.